The Kier molecular flexibility index (Phi) is 10.3. The van der Waals surface area contributed by atoms with Crippen molar-refractivity contribution >= 4 is 29.9 Å². The third-order valence-corrected chi connectivity index (χ3v) is 3.23. The predicted octanol–water partition coefficient (Wildman–Crippen LogP) is 2.46. The minimum absolute atomic E-state index is 0. The van der Waals surface area contributed by atoms with E-state index in [2.05, 4.69) is 15.6 Å². The molecular formula is C16H27FIN3O2. The van der Waals surface area contributed by atoms with Crippen molar-refractivity contribution in [1.82, 2.24) is 10.6 Å². The first-order valence-corrected chi connectivity index (χ1v) is 7.39. The minimum Gasteiger partial charge on any atom is -0.387 e. The Balaban J connectivity index is 0.00000484. The summed E-state index contributed by atoms with van der Waals surface area (Å²) in [7, 11) is 1.65. The van der Waals surface area contributed by atoms with Crippen molar-refractivity contribution < 1.29 is 14.2 Å². The number of methoxy groups -OCH3 is 1. The second kappa shape index (κ2) is 10.8. The van der Waals surface area contributed by atoms with E-state index in [1.807, 2.05) is 20.8 Å². The van der Waals surface area contributed by atoms with Gasteiger partial charge >= 0.3 is 0 Å². The summed E-state index contributed by atoms with van der Waals surface area (Å²) in [6.07, 6.45) is -0.736. The molecule has 0 spiro atoms. The quantitative estimate of drug-likeness (QED) is 0.347. The van der Waals surface area contributed by atoms with Crippen LogP contribution >= 0.6 is 24.0 Å². The number of nitrogens with one attached hydrogen (secondary N) is 2. The van der Waals surface area contributed by atoms with Crippen molar-refractivity contribution in [3.8, 4) is 0 Å². The summed E-state index contributed by atoms with van der Waals surface area (Å²) in [5.41, 5.74) is 0.305. The summed E-state index contributed by atoms with van der Waals surface area (Å²) in [6.45, 7) is 7.36. The lowest BCUT2D eigenvalue weighted by molar-refractivity contribution is 0.0310. The van der Waals surface area contributed by atoms with E-state index >= 15 is 0 Å². The van der Waals surface area contributed by atoms with Crippen LogP contribution in [0.15, 0.2) is 29.3 Å². The van der Waals surface area contributed by atoms with Crippen LogP contribution in [0.3, 0.4) is 0 Å². The summed E-state index contributed by atoms with van der Waals surface area (Å²) in [5.74, 6) is 0.286. The zero-order chi connectivity index (χ0) is 16.6. The molecule has 0 fully saturated rings. The summed E-state index contributed by atoms with van der Waals surface area (Å²) >= 11 is 0. The minimum atomic E-state index is -0.736. The second-order valence-electron chi connectivity index (χ2n) is 5.61. The van der Waals surface area contributed by atoms with Crippen molar-refractivity contribution in [2.45, 2.75) is 32.5 Å². The first-order chi connectivity index (χ1) is 10.4. The normalized spacial score (nSPS) is 13.2. The molecule has 3 N–H and O–H groups in total. The molecule has 0 aliphatic rings. The average Bonchev–Trinajstić information content (AvgIpc) is 2.50. The fourth-order valence-corrected chi connectivity index (χ4v) is 1.67. The van der Waals surface area contributed by atoms with Crippen LogP contribution in [0.1, 0.15) is 32.4 Å². The molecule has 1 unspecified atom stereocenters. The van der Waals surface area contributed by atoms with Gasteiger partial charge in [0.15, 0.2) is 5.96 Å². The Morgan fingerprint density at radius 2 is 1.91 bits per heavy atom. The van der Waals surface area contributed by atoms with Gasteiger partial charge in [-0.25, -0.2) is 4.39 Å². The Morgan fingerprint density at radius 1 is 1.30 bits per heavy atom. The van der Waals surface area contributed by atoms with E-state index in [9.17, 15) is 9.50 Å². The second-order valence-corrected chi connectivity index (χ2v) is 5.61. The molecule has 0 aromatic heterocycles. The van der Waals surface area contributed by atoms with Gasteiger partial charge < -0.3 is 20.5 Å². The maximum atomic E-state index is 12.9. The maximum Gasteiger partial charge on any atom is 0.191 e. The van der Waals surface area contributed by atoms with Gasteiger partial charge in [-0.3, -0.25) is 4.99 Å². The van der Waals surface area contributed by atoms with Gasteiger partial charge in [0, 0.05) is 20.2 Å². The van der Waals surface area contributed by atoms with E-state index in [-0.39, 0.29) is 41.9 Å². The Hall–Kier alpha value is -0.930. The number of aliphatic imine (C=N–C) groups is 1. The van der Waals surface area contributed by atoms with Gasteiger partial charge in [0.05, 0.1) is 18.2 Å². The fraction of sp³-hybridized carbons (Fsp3) is 0.562. The summed E-state index contributed by atoms with van der Waals surface area (Å²) in [5, 5.41) is 16.3. The number of halogens is 2. The molecule has 0 heterocycles. The molecule has 0 saturated heterocycles. The standard InChI is InChI=1S/C16H26FN3O2.HI/c1-5-18-15(20-11-16(2,3)22-4)19-10-14(21)12-6-8-13(17)9-7-12;/h6-9,14,21H,5,10-11H2,1-4H3,(H2,18,19,20);1H. The first kappa shape index (κ1) is 22.1. The molecule has 1 atom stereocenters. The molecule has 0 aliphatic heterocycles. The van der Waals surface area contributed by atoms with Crippen LogP contribution in [0.5, 0.6) is 0 Å². The molecule has 0 radical (unpaired) electrons. The predicted molar refractivity (Wildman–Crippen MR) is 102 cm³/mol. The molecule has 132 valence electrons. The third-order valence-electron chi connectivity index (χ3n) is 3.23. The van der Waals surface area contributed by atoms with E-state index in [0.717, 1.165) is 0 Å². The van der Waals surface area contributed by atoms with Crippen LogP contribution < -0.4 is 10.6 Å². The molecule has 1 aromatic rings. The summed E-state index contributed by atoms with van der Waals surface area (Å²) in [4.78, 5) is 4.43. The maximum absolute atomic E-state index is 12.9. The van der Waals surface area contributed by atoms with Gasteiger partial charge in [-0.2, -0.15) is 0 Å². The molecular weight excluding hydrogens is 412 g/mol. The zero-order valence-corrected chi connectivity index (χ0v) is 16.4. The highest BCUT2D eigenvalue weighted by molar-refractivity contribution is 14.0. The van der Waals surface area contributed by atoms with Crippen LogP contribution in [0.2, 0.25) is 0 Å². The molecule has 0 saturated carbocycles. The van der Waals surface area contributed by atoms with E-state index in [4.69, 9.17) is 4.74 Å². The average molecular weight is 439 g/mol. The van der Waals surface area contributed by atoms with Crippen molar-refractivity contribution in [2.24, 2.45) is 4.99 Å². The lowest BCUT2D eigenvalue weighted by Crippen LogP contribution is -2.40. The highest BCUT2D eigenvalue weighted by Gasteiger charge is 2.16. The van der Waals surface area contributed by atoms with Gasteiger partial charge in [0.2, 0.25) is 0 Å². The third kappa shape index (κ3) is 8.47. The van der Waals surface area contributed by atoms with Gasteiger partial charge in [0.25, 0.3) is 0 Å². The zero-order valence-electron chi connectivity index (χ0n) is 14.1. The Labute approximate surface area is 154 Å². The molecule has 23 heavy (non-hydrogen) atoms. The monoisotopic (exact) mass is 439 g/mol. The van der Waals surface area contributed by atoms with Crippen LogP contribution in [0, 0.1) is 5.82 Å². The van der Waals surface area contributed by atoms with E-state index in [1.54, 1.807) is 19.2 Å². The van der Waals surface area contributed by atoms with Crippen molar-refractivity contribution in [3.63, 3.8) is 0 Å². The number of ether oxygens (including phenoxy) is 1. The highest BCUT2D eigenvalue weighted by atomic mass is 127. The van der Waals surface area contributed by atoms with Gasteiger partial charge in [-0.15, -0.1) is 24.0 Å². The SMILES string of the molecule is CCNC(=NCC(C)(C)OC)NCC(O)c1ccc(F)cc1.I. The number of guanidine groups is 1. The number of aliphatic hydroxyl groups is 1. The molecule has 0 aliphatic carbocycles. The highest BCUT2D eigenvalue weighted by Crippen LogP contribution is 2.12. The smallest absolute Gasteiger partial charge is 0.191 e. The number of rotatable bonds is 7. The van der Waals surface area contributed by atoms with Crippen LogP contribution in [-0.2, 0) is 4.74 Å². The number of benzene rings is 1. The number of hydrogen-bond acceptors (Lipinski definition) is 3. The van der Waals surface area contributed by atoms with E-state index < -0.39 is 6.10 Å². The number of nitrogens with zero attached hydrogens (tertiary/aromatic N) is 1. The molecule has 0 amide bonds. The molecule has 7 heteroatoms. The first-order valence-electron chi connectivity index (χ1n) is 7.39. The van der Waals surface area contributed by atoms with E-state index in [1.165, 1.54) is 12.1 Å². The largest absolute Gasteiger partial charge is 0.387 e. The van der Waals surface area contributed by atoms with Gasteiger partial charge in [0.1, 0.15) is 5.82 Å². The molecule has 1 rings (SSSR count). The molecule has 0 bridgehead atoms. The van der Waals surface area contributed by atoms with E-state index in [0.29, 0.717) is 24.6 Å². The van der Waals surface area contributed by atoms with Crippen molar-refractivity contribution in [2.75, 3.05) is 26.7 Å². The van der Waals surface area contributed by atoms with Crippen LogP contribution in [0.25, 0.3) is 0 Å². The lowest BCUT2D eigenvalue weighted by atomic mass is 10.1. The molecule has 5 nitrogen and oxygen atoms in total. The van der Waals surface area contributed by atoms with Crippen LogP contribution in [0.4, 0.5) is 4.39 Å². The van der Waals surface area contributed by atoms with Crippen LogP contribution in [-0.4, -0.2) is 43.4 Å². The molecule has 1 aromatic carbocycles. The Morgan fingerprint density at radius 3 is 2.43 bits per heavy atom. The number of hydrogen-bond donors (Lipinski definition) is 3. The van der Waals surface area contributed by atoms with Gasteiger partial charge in [-0.05, 0) is 38.5 Å². The summed E-state index contributed by atoms with van der Waals surface area (Å²) < 4.78 is 18.2. The van der Waals surface area contributed by atoms with Gasteiger partial charge in [-0.1, -0.05) is 12.1 Å². The number of aliphatic hydroxyl groups excluding tert-OH is 1. The lowest BCUT2D eigenvalue weighted by Gasteiger charge is -2.21. The van der Waals surface area contributed by atoms with Crippen molar-refractivity contribution in [1.29, 1.82) is 0 Å². The Bertz CT molecular complexity index is 481. The van der Waals surface area contributed by atoms with Crippen molar-refractivity contribution in [3.05, 3.63) is 35.6 Å². The summed E-state index contributed by atoms with van der Waals surface area (Å²) in [6, 6.07) is 5.80. The fourth-order valence-electron chi connectivity index (χ4n) is 1.67. The topological polar surface area (TPSA) is 65.9 Å².